The first kappa shape index (κ1) is 14.8. The Balaban J connectivity index is 2.36. The van der Waals surface area contributed by atoms with Crippen molar-refractivity contribution in [3.8, 4) is 0 Å². The van der Waals surface area contributed by atoms with Crippen molar-refractivity contribution >= 4 is 31.6 Å². The largest absolute Gasteiger partial charge is 0.314 e. The highest BCUT2D eigenvalue weighted by atomic mass is 79.9. The summed E-state index contributed by atoms with van der Waals surface area (Å²) in [6, 6.07) is 9.19. The fraction of sp³-hybridized carbons (Fsp3) is 0.154. The van der Waals surface area contributed by atoms with E-state index in [-0.39, 0.29) is 10.5 Å². The summed E-state index contributed by atoms with van der Waals surface area (Å²) in [4.78, 5) is 11.6. The minimum Gasteiger partial charge on any atom is -0.314 e. The lowest BCUT2D eigenvalue weighted by atomic mass is 10.4. The van der Waals surface area contributed by atoms with Crippen molar-refractivity contribution in [3.05, 3.63) is 57.4 Å². The Bertz CT molecular complexity index is 784. The highest BCUT2D eigenvalue weighted by molar-refractivity contribution is 9.10. The molecule has 0 radical (unpaired) electrons. The van der Waals surface area contributed by atoms with Gasteiger partial charge in [-0.1, -0.05) is 22.0 Å². The molecule has 0 aliphatic heterocycles. The number of halogens is 1. The Morgan fingerprint density at radius 1 is 1.25 bits per heavy atom. The molecule has 0 aliphatic carbocycles. The Labute approximate surface area is 125 Å². The highest BCUT2D eigenvalue weighted by Crippen LogP contribution is 2.18. The van der Waals surface area contributed by atoms with Gasteiger partial charge >= 0.3 is 0 Å². The van der Waals surface area contributed by atoms with Crippen LogP contribution in [0.15, 0.2) is 56.8 Å². The first-order valence-corrected chi connectivity index (χ1v) is 8.19. The average molecular weight is 357 g/mol. The number of aryl methyl sites for hydroxylation is 1. The van der Waals surface area contributed by atoms with Crippen LogP contribution >= 0.6 is 15.9 Å². The van der Waals surface area contributed by atoms with E-state index in [0.717, 1.165) is 0 Å². The molecule has 0 saturated heterocycles. The van der Waals surface area contributed by atoms with Gasteiger partial charge in [-0.15, -0.1) is 0 Å². The predicted octanol–water partition coefficient (Wildman–Crippen LogP) is 2.43. The summed E-state index contributed by atoms with van der Waals surface area (Å²) in [7, 11) is -3.67. The van der Waals surface area contributed by atoms with Crippen LogP contribution in [0.4, 0.5) is 5.69 Å². The van der Waals surface area contributed by atoms with E-state index in [1.165, 1.54) is 35.0 Å². The predicted molar refractivity (Wildman–Crippen MR) is 81.3 cm³/mol. The summed E-state index contributed by atoms with van der Waals surface area (Å²) in [6.07, 6.45) is 1.48. The summed E-state index contributed by atoms with van der Waals surface area (Å²) in [6.45, 7) is 2.29. The van der Waals surface area contributed by atoms with Crippen molar-refractivity contribution in [2.75, 3.05) is 4.72 Å². The molecule has 0 aliphatic rings. The van der Waals surface area contributed by atoms with E-state index in [0.29, 0.717) is 16.7 Å². The van der Waals surface area contributed by atoms with Gasteiger partial charge in [0.05, 0.1) is 10.6 Å². The van der Waals surface area contributed by atoms with Crippen LogP contribution < -0.4 is 10.3 Å². The van der Waals surface area contributed by atoms with Gasteiger partial charge in [0.15, 0.2) is 0 Å². The Kier molecular flexibility index (Phi) is 4.29. The maximum atomic E-state index is 12.2. The third kappa shape index (κ3) is 3.29. The minimum absolute atomic E-state index is 0.154. The second-order valence-electron chi connectivity index (χ2n) is 4.10. The quantitative estimate of drug-likeness (QED) is 0.914. The minimum atomic E-state index is -3.67. The van der Waals surface area contributed by atoms with Crippen LogP contribution in [0.5, 0.6) is 0 Å². The van der Waals surface area contributed by atoms with Gasteiger partial charge in [0.2, 0.25) is 0 Å². The number of anilines is 1. The first-order chi connectivity index (χ1) is 9.42. The number of nitrogens with one attached hydrogen (secondary N) is 1. The maximum Gasteiger partial charge on any atom is 0.261 e. The number of benzene rings is 1. The zero-order valence-corrected chi connectivity index (χ0v) is 13.1. The van der Waals surface area contributed by atoms with Crippen LogP contribution in [-0.4, -0.2) is 13.0 Å². The number of hydrogen-bond donors (Lipinski definition) is 1. The molecule has 0 unspecified atom stereocenters. The number of aromatic nitrogens is 1. The number of sulfonamides is 1. The van der Waals surface area contributed by atoms with Crippen molar-refractivity contribution < 1.29 is 8.42 Å². The zero-order valence-electron chi connectivity index (χ0n) is 10.7. The lowest BCUT2D eigenvalue weighted by Gasteiger charge is -2.10. The van der Waals surface area contributed by atoms with Crippen LogP contribution in [0, 0.1) is 0 Å². The molecule has 20 heavy (non-hydrogen) atoms. The molecule has 0 bridgehead atoms. The Morgan fingerprint density at radius 3 is 2.65 bits per heavy atom. The zero-order chi connectivity index (χ0) is 14.8. The van der Waals surface area contributed by atoms with Crippen molar-refractivity contribution in [2.24, 2.45) is 0 Å². The molecule has 0 atom stereocenters. The van der Waals surface area contributed by atoms with Gasteiger partial charge in [0.25, 0.3) is 15.6 Å². The normalized spacial score (nSPS) is 11.3. The van der Waals surface area contributed by atoms with E-state index < -0.39 is 10.0 Å². The molecule has 2 rings (SSSR count). The molecule has 1 aromatic carbocycles. The standard InChI is InChI=1S/C13H13BrN2O3S/c1-2-16-9-11(6-7-13(16)17)15-20(18,19)12-5-3-4-10(14)8-12/h3-9,15H,2H2,1H3. The summed E-state index contributed by atoms with van der Waals surface area (Å²) >= 11 is 3.23. The molecule has 106 valence electrons. The monoisotopic (exact) mass is 356 g/mol. The maximum absolute atomic E-state index is 12.2. The summed E-state index contributed by atoms with van der Waals surface area (Å²) in [5.74, 6) is 0. The van der Waals surface area contributed by atoms with Gasteiger partial charge in [-0.05, 0) is 31.2 Å². The highest BCUT2D eigenvalue weighted by Gasteiger charge is 2.14. The van der Waals surface area contributed by atoms with Gasteiger partial charge in [0.1, 0.15) is 0 Å². The summed E-state index contributed by atoms with van der Waals surface area (Å²) in [5.41, 5.74) is 0.185. The number of hydrogen-bond acceptors (Lipinski definition) is 3. The van der Waals surface area contributed by atoms with E-state index in [2.05, 4.69) is 20.7 Å². The number of rotatable bonds is 4. The molecular formula is C13H13BrN2O3S. The lowest BCUT2D eigenvalue weighted by Crippen LogP contribution is -2.20. The van der Waals surface area contributed by atoms with E-state index in [1.54, 1.807) is 12.1 Å². The van der Waals surface area contributed by atoms with Crippen LogP contribution in [0.1, 0.15) is 6.92 Å². The average Bonchev–Trinajstić information content (AvgIpc) is 2.40. The molecule has 1 N–H and O–H groups in total. The Hall–Kier alpha value is -1.60. The summed E-state index contributed by atoms with van der Waals surface area (Å²) < 4.78 is 29.0. The first-order valence-electron chi connectivity index (χ1n) is 5.91. The molecule has 0 saturated carbocycles. The molecule has 0 fully saturated rings. The second kappa shape index (κ2) is 5.80. The van der Waals surface area contributed by atoms with Gasteiger partial charge < -0.3 is 4.57 Å². The van der Waals surface area contributed by atoms with Gasteiger partial charge in [-0.25, -0.2) is 8.42 Å². The van der Waals surface area contributed by atoms with Crippen LogP contribution in [0.25, 0.3) is 0 Å². The topological polar surface area (TPSA) is 68.2 Å². The molecule has 7 heteroatoms. The van der Waals surface area contributed by atoms with Gasteiger partial charge in [-0.2, -0.15) is 0 Å². The van der Waals surface area contributed by atoms with Crippen LogP contribution in [-0.2, 0) is 16.6 Å². The lowest BCUT2D eigenvalue weighted by molar-refractivity contribution is 0.601. The molecule has 0 spiro atoms. The molecule has 1 heterocycles. The summed E-state index contributed by atoms with van der Waals surface area (Å²) in [5, 5.41) is 0. The second-order valence-corrected chi connectivity index (χ2v) is 6.70. The SMILES string of the molecule is CCn1cc(NS(=O)(=O)c2cccc(Br)c2)ccc1=O. The third-order valence-electron chi connectivity index (χ3n) is 2.68. The Morgan fingerprint density at radius 2 is 2.00 bits per heavy atom. The van der Waals surface area contributed by atoms with E-state index in [9.17, 15) is 13.2 Å². The van der Waals surface area contributed by atoms with E-state index in [1.807, 2.05) is 6.92 Å². The van der Waals surface area contributed by atoms with E-state index in [4.69, 9.17) is 0 Å². The van der Waals surface area contributed by atoms with Crippen molar-refractivity contribution in [1.82, 2.24) is 4.57 Å². The molecule has 0 amide bonds. The van der Waals surface area contributed by atoms with Crippen LogP contribution in [0.2, 0.25) is 0 Å². The number of nitrogens with zero attached hydrogens (tertiary/aromatic N) is 1. The number of pyridine rings is 1. The fourth-order valence-corrected chi connectivity index (χ4v) is 3.33. The van der Waals surface area contributed by atoms with Gasteiger partial charge in [0, 0.05) is 23.3 Å². The van der Waals surface area contributed by atoms with Crippen molar-refractivity contribution in [2.45, 2.75) is 18.4 Å². The fourth-order valence-electron chi connectivity index (χ4n) is 1.69. The van der Waals surface area contributed by atoms with Crippen molar-refractivity contribution in [1.29, 1.82) is 0 Å². The smallest absolute Gasteiger partial charge is 0.261 e. The molecule has 2 aromatic rings. The van der Waals surface area contributed by atoms with Crippen LogP contribution in [0.3, 0.4) is 0 Å². The molecule has 1 aromatic heterocycles. The van der Waals surface area contributed by atoms with Gasteiger partial charge in [-0.3, -0.25) is 9.52 Å². The molecular weight excluding hydrogens is 344 g/mol. The van der Waals surface area contributed by atoms with E-state index >= 15 is 0 Å². The third-order valence-corrected chi connectivity index (χ3v) is 4.55. The van der Waals surface area contributed by atoms with Crippen molar-refractivity contribution in [3.63, 3.8) is 0 Å². The molecule has 5 nitrogen and oxygen atoms in total.